The molecule has 5 nitrogen and oxygen atoms in total. The molecule has 2 heterocycles. The van der Waals surface area contributed by atoms with E-state index in [1.807, 2.05) is 54.6 Å². The van der Waals surface area contributed by atoms with E-state index < -0.39 is 12.6 Å². The monoisotopic (exact) mass is 424 g/mol. The number of ether oxygens (including phenoxy) is 1. The Morgan fingerprint density at radius 3 is 2.45 bits per heavy atom. The van der Waals surface area contributed by atoms with Crippen LogP contribution in [0.1, 0.15) is 20.8 Å². The third-order valence-electron chi connectivity index (χ3n) is 4.39. The molecule has 4 rings (SSSR count). The highest BCUT2D eigenvalue weighted by Gasteiger charge is 2.22. The van der Waals surface area contributed by atoms with Gasteiger partial charge in [0.05, 0.1) is 16.3 Å². The van der Waals surface area contributed by atoms with Crippen LogP contribution in [0.4, 0.5) is 0 Å². The van der Waals surface area contributed by atoms with Gasteiger partial charge in [0.1, 0.15) is 5.15 Å². The molecule has 7 heteroatoms. The third kappa shape index (κ3) is 3.88. The van der Waals surface area contributed by atoms with Crippen LogP contribution in [0.2, 0.25) is 10.2 Å². The zero-order chi connectivity index (χ0) is 20.4. The number of carbonyl (C=O) groups is 2. The summed E-state index contributed by atoms with van der Waals surface area (Å²) in [5, 5.41) is 0.964. The molecule has 2 aromatic carbocycles. The van der Waals surface area contributed by atoms with E-state index >= 15 is 0 Å². The van der Waals surface area contributed by atoms with Crippen molar-refractivity contribution in [3.8, 4) is 11.3 Å². The Balaban J connectivity index is 1.65. The largest absolute Gasteiger partial charge is 0.453 e. The van der Waals surface area contributed by atoms with E-state index in [0.29, 0.717) is 11.3 Å². The Bertz CT molecular complexity index is 1220. The second-order valence-corrected chi connectivity index (χ2v) is 7.04. The van der Waals surface area contributed by atoms with Gasteiger partial charge in [0.15, 0.2) is 12.3 Å². The Labute approximate surface area is 176 Å². The van der Waals surface area contributed by atoms with Gasteiger partial charge in [-0.1, -0.05) is 71.7 Å². The van der Waals surface area contributed by atoms with Gasteiger partial charge < -0.3 is 9.72 Å². The number of aromatic amines is 1. The number of ketones is 1. The lowest BCUT2D eigenvalue weighted by atomic mass is 10.0. The van der Waals surface area contributed by atoms with Crippen molar-refractivity contribution in [2.24, 2.45) is 0 Å². The molecular weight excluding hydrogens is 411 g/mol. The topological polar surface area (TPSA) is 72.1 Å². The number of esters is 1. The van der Waals surface area contributed by atoms with Crippen LogP contribution in [0, 0.1) is 0 Å². The summed E-state index contributed by atoms with van der Waals surface area (Å²) in [5.41, 5.74) is 2.68. The van der Waals surface area contributed by atoms with Crippen molar-refractivity contribution in [3.63, 3.8) is 0 Å². The van der Waals surface area contributed by atoms with Crippen LogP contribution < -0.4 is 0 Å². The Kier molecular flexibility index (Phi) is 5.34. The van der Waals surface area contributed by atoms with Crippen LogP contribution in [-0.4, -0.2) is 28.3 Å². The number of aromatic nitrogens is 2. The summed E-state index contributed by atoms with van der Waals surface area (Å²) in [6.45, 7) is -0.453. The van der Waals surface area contributed by atoms with Crippen molar-refractivity contribution in [1.82, 2.24) is 9.97 Å². The van der Waals surface area contributed by atoms with Crippen LogP contribution in [0.25, 0.3) is 22.2 Å². The molecular formula is C22H14Cl2N2O3. The quantitative estimate of drug-likeness (QED) is 0.258. The van der Waals surface area contributed by atoms with Gasteiger partial charge in [-0.25, -0.2) is 9.78 Å². The lowest BCUT2D eigenvalue weighted by molar-refractivity contribution is 0.0469. The van der Waals surface area contributed by atoms with Gasteiger partial charge in [-0.3, -0.25) is 4.79 Å². The number of rotatable bonds is 5. The zero-order valence-corrected chi connectivity index (χ0v) is 16.5. The number of halogens is 2. The summed E-state index contributed by atoms with van der Waals surface area (Å²) in [4.78, 5) is 32.5. The highest BCUT2D eigenvalue weighted by molar-refractivity contribution is 6.34. The van der Waals surface area contributed by atoms with Crippen LogP contribution in [0.3, 0.4) is 0 Å². The first-order valence-corrected chi connectivity index (χ1v) is 9.48. The maximum atomic E-state index is 13.0. The lowest BCUT2D eigenvalue weighted by Gasteiger charge is -2.07. The summed E-state index contributed by atoms with van der Waals surface area (Å²) < 4.78 is 5.18. The summed E-state index contributed by atoms with van der Waals surface area (Å²) in [5.74, 6) is -1.15. The van der Waals surface area contributed by atoms with E-state index in [9.17, 15) is 9.59 Å². The van der Waals surface area contributed by atoms with Crippen LogP contribution in [-0.2, 0) is 4.74 Å². The minimum Gasteiger partial charge on any atom is -0.453 e. The van der Waals surface area contributed by atoms with Gasteiger partial charge in [-0.2, -0.15) is 0 Å². The molecule has 0 saturated carbocycles. The standard InChI is InChI=1S/C22H14Cl2N2O3/c23-15-10-11-18(24)26-21(15)22(28)29-12-17(27)19-14-8-4-5-9-16(14)25-20(19)13-6-2-1-3-7-13/h1-11,25H,12H2. The van der Waals surface area contributed by atoms with Gasteiger partial charge in [-0.05, 0) is 23.8 Å². The first kappa shape index (κ1) is 19.2. The van der Waals surface area contributed by atoms with Crippen LogP contribution in [0.15, 0.2) is 66.7 Å². The first-order valence-electron chi connectivity index (χ1n) is 8.73. The number of nitrogens with zero attached hydrogens (tertiary/aromatic N) is 1. The lowest BCUT2D eigenvalue weighted by Crippen LogP contribution is -2.16. The van der Waals surface area contributed by atoms with Crippen molar-refractivity contribution < 1.29 is 14.3 Å². The van der Waals surface area contributed by atoms with Crippen LogP contribution >= 0.6 is 23.2 Å². The number of nitrogens with one attached hydrogen (secondary N) is 1. The number of pyridine rings is 1. The second kappa shape index (κ2) is 8.07. The van der Waals surface area contributed by atoms with Crippen molar-refractivity contribution >= 4 is 45.9 Å². The summed E-state index contributed by atoms with van der Waals surface area (Å²) in [7, 11) is 0. The van der Waals surface area contributed by atoms with E-state index in [-0.39, 0.29) is 21.7 Å². The minimum absolute atomic E-state index is 0.101. The average molecular weight is 425 g/mol. The highest BCUT2D eigenvalue weighted by Crippen LogP contribution is 2.30. The molecule has 0 aliphatic heterocycles. The normalized spacial score (nSPS) is 10.8. The zero-order valence-electron chi connectivity index (χ0n) is 15.0. The van der Waals surface area contributed by atoms with E-state index in [0.717, 1.165) is 16.5 Å². The van der Waals surface area contributed by atoms with Gasteiger partial charge in [0, 0.05) is 10.9 Å². The smallest absolute Gasteiger partial charge is 0.359 e. The summed E-state index contributed by atoms with van der Waals surface area (Å²) in [6, 6.07) is 19.9. The number of fused-ring (bicyclic) bond motifs is 1. The van der Waals surface area contributed by atoms with Crippen molar-refractivity contribution in [1.29, 1.82) is 0 Å². The fraction of sp³-hybridized carbons (Fsp3) is 0.0455. The molecule has 144 valence electrons. The molecule has 0 unspecified atom stereocenters. The molecule has 29 heavy (non-hydrogen) atoms. The number of Topliss-reactive ketones (excluding diaryl/α,β-unsaturated/α-hetero) is 1. The van der Waals surface area contributed by atoms with Gasteiger partial charge >= 0.3 is 5.97 Å². The number of carbonyl (C=O) groups excluding carboxylic acids is 2. The maximum Gasteiger partial charge on any atom is 0.359 e. The average Bonchev–Trinajstić information content (AvgIpc) is 3.14. The molecule has 0 aliphatic rings. The Morgan fingerprint density at radius 2 is 1.66 bits per heavy atom. The molecule has 0 saturated heterocycles. The van der Waals surface area contributed by atoms with Crippen molar-refractivity contribution in [2.75, 3.05) is 6.61 Å². The molecule has 4 aromatic rings. The minimum atomic E-state index is -0.813. The molecule has 0 radical (unpaired) electrons. The SMILES string of the molecule is O=C(OCC(=O)c1c(-c2ccccc2)[nH]c2ccccc12)c1nc(Cl)ccc1Cl. The summed E-state index contributed by atoms with van der Waals surface area (Å²) in [6.07, 6.45) is 0. The molecule has 0 spiro atoms. The molecule has 0 atom stereocenters. The number of hydrogen-bond acceptors (Lipinski definition) is 4. The van der Waals surface area contributed by atoms with Gasteiger partial charge in [0.25, 0.3) is 0 Å². The predicted molar refractivity (Wildman–Crippen MR) is 113 cm³/mol. The number of H-pyrrole nitrogens is 1. The summed E-state index contributed by atoms with van der Waals surface area (Å²) >= 11 is 11.8. The predicted octanol–water partition coefficient (Wildman–Crippen LogP) is 5.58. The Hall–Kier alpha value is -3.15. The fourth-order valence-electron chi connectivity index (χ4n) is 3.09. The molecule has 0 amide bonds. The van der Waals surface area contributed by atoms with E-state index in [2.05, 4.69) is 9.97 Å². The van der Waals surface area contributed by atoms with Crippen LogP contribution in [0.5, 0.6) is 0 Å². The number of benzene rings is 2. The first-order chi connectivity index (χ1) is 14.0. The molecule has 0 fully saturated rings. The highest BCUT2D eigenvalue weighted by atomic mass is 35.5. The Morgan fingerprint density at radius 1 is 0.931 bits per heavy atom. The molecule has 1 N–H and O–H groups in total. The maximum absolute atomic E-state index is 13.0. The molecule has 2 aromatic heterocycles. The fourth-order valence-corrected chi connectivity index (χ4v) is 3.42. The van der Waals surface area contributed by atoms with E-state index in [1.54, 1.807) is 0 Å². The molecule has 0 aliphatic carbocycles. The number of hydrogen-bond donors (Lipinski definition) is 1. The van der Waals surface area contributed by atoms with E-state index in [1.165, 1.54) is 12.1 Å². The van der Waals surface area contributed by atoms with Gasteiger partial charge in [-0.15, -0.1) is 0 Å². The van der Waals surface area contributed by atoms with Crippen molar-refractivity contribution in [2.45, 2.75) is 0 Å². The molecule has 0 bridgehead atoms. The van der Waals surface area contributed by atoms with E-state index in [4.69, 9.17) is 27.9 Å². The van der Waals surface area contributed by atoms with Gasteiger partial charge in [0.2, 0.25) is 5.78 Å². The number of para-hydroxylation sites is 1. The second-order valence-electron chi connectivity index (χ2n) is 6.25. The van der Waals surface area contributed by atoms with Crippen molar-refractivity contribution in [3.05, 3.63) is 88.2 Å². The third-order valence-corrected chi connectivity index (χ3v) is 4.90.